The number of aromatic nitrogens is 1. The molecular formula is C27H22N4O4S. The van der Waals surface area contributed by atoms with Crippen molar-refractivity contribution in [2.75, 3.05) is 4.90 Å². The van der Waals surface area contributed by atoms with Gasteiger partial charge in [-0.3, -0.25) is 19.7 Å². The highest BCUT2D eigenvalue weighted by Gasteiger charge is 2.37. The molecule has 0 bridgehead atoms. The van der Waals surface area contributed by atoms with Gasteiger partial charge in [0.15, 0.2) is 0 Å². The SMILES string of the molecule is Cc1cccc(N2C(=O)NC(=O)/C(=C/c3cn(CC(=O)NCc4cccs4)c4ccccc34)C2=O)c1. The molecule has 3 heterocycles. The maximum Gasteiger partial charge on any atom is 0.335 e. The lowest BCUT2D eigenvalue weighted by Gasteiger charge is -2.26. The molecule has 8 nitrogen and oxygen atoms in total. The molecule has 0 aliphatic carbocycles. The van der Waals surface area contributed by atoms with Gasteiger partial charge >= 0.3 is 6.03 Å². The number of anilines is 1. The Labute approximate surface area is 210 Å². The molecule has 0 saturated carbocycles. The van der Waals surface area contributed by atoms with Crippen LogP contribution >= 0.6 is 11.3 Å². The number of para-hydroxylation sites is 1. The highest BCUT2D eigenvalue weighted by Crippen LogP contribution is 2.27. The third-order valence-corrected chi connectivity index (χ3v) is 6.71. The lowest BCUT2D eigenvalue weighted by molar-refractivity contribution is -0.123. The van der Waals surface area contributed by atoms with Crippen molar-refractivity contribution < 1.29 is 19.2 Å². The minimum absolute atomic E-state index is 0.0725. The zero-order valence-electron chi connectivity index (χ0n) is 19.4. The minimum atomic E-state index is -0.794. The second-order valence-corrected chi connectivity index (χ2v) is 9.41. The number of thiophene rings is 1. The first-order valence-electron chi connectivity index (χ1n) is 11.3. The van der Waals surface area contributed by atoms with Gasteiger partial charge < -0.3 is 9.88 Å². The van der Waals surface area contributed by atoms with Gasteiger partial charge in [0.1, 0.15) is 12.1 Å². The summed E-state index contributed by atoms with van der Waals surface area (Å²) in [6.45, 7) is 2.37. The number of benzene rings is 2. The van der Waals surface area contributed by atoms with Crippen LogP contribution in [0, 0.1) is 6.92 Å². The molecule has 1 aliphatic heterocycles. The number of imide groups is 2. The van der Waals surface area contributed by atoms with E-state index in [2.05, 4.69) is 10.6 Å². The van der Waals surface area contributed by atoms with Crippen LogP contribution in [0.3, 0.4) is 0 Å². The Morgan fingerprint density at radius 1 is 1.06 bits per heavy atom. The number of barbiturate groups is 1. The summed E-state index contributed by atoms with van der Waals surface area (Å²) in [5.41, 5.74) is 2.46. The minimum Gasteiger partial charge on any atom is -0.350 e. The molecule has 36 heavy (non-hydrogen) atoms. The Kier molecular flexibility index (Phi) is 6.22. The van der Waals surface area contributed by atoms with Gasteiger partial charge in [-0.15, -0.1) is 11.3 Å². The predicted molar refractivity (Wildman–Crippen MR) is 138 cm³/mol. The number of nitrogens with one attached hydrogen (secondary N) is 2. The van der Waals surface area contributed by atoms with E-state index in [0.717, 1.165) is 26.2 Å². The molecule has 0 unspecified atom stereocenters. The number of fused-ring (bicyclic) bond motifs is 1. The molecule has 2 aromatic heterocycles. The highest BCUT2D eigenvalue weighted by molar-refractivity contribution is 7.09. The van der Waals surface area contributed by atoms with Crippen molar-refractivity contribution in [3.8, 4) is 0 Å². The number of nitrogens with zero attached hydrogens (tertiary/aromatic N) is 2. The summed E-state index contributed by atoms with van der Waals surface area (Å²) in [5, 5.41) is 7.89. The molecule has 2 aromatic carbocycles. The van der Waals surface area contributed by atoms with E-state index in [-0.39, 0.29) is 18.0 Å². The third-order valence-electron chi connectivity index (χ3n) is 5.83. The molecule has 0 radical (unpaired) electrons. The summed E-state index contributed by atoms with van der Waals surface area (Å²) in [6.07, 6.45) is 3.20. The largest absolute Gasteiger partial charge is 0.350 e. The molecule has 0 spiro atoms. The lowest BCUT2D eigenvalue weighted by atomic mass is 10.1. The molecule has 4 aromatic rings. The van der Waals surface area contributed by atoms with E-state index in [9.17, 15) is 19.2 Å². The van der Waals surface area contributed by atoms with Gasteiger partial charge in [0, 0.05) is 27.5 Å². The fourth-order valence-electron chi connectivity index (χ4n) is 4.15. The molecular weight excluding hydrogens is 476 g/mol. The van der Waals surface area contributed by atoms with Gasteiger partial charge in [-0.25, -0.2) is 9.69 Å². The van der Waals surface area contributed by atoms with Crippen LogP contribution in [0.2, 0.25) is 0 Å². The number of hydrogen-bond donors (Lipinski definition) is 2. The van der Waals surface area contributed by atoms with E-state index in [1.165, 1.54) is 6.08 Å². The number of rotatable bonds is 6. The number of aryl methyl sites for hydroxylation is 1. The van der Waals surface area contributed by atoms with Crippen LogP contribution in [-0.4, -0.2) is 28.3 Å². The van der Waals surface area contributed by atoms with Crippen molar-refractivity contribution in [3.05, 3.63) is 93.8 Å². The maximum absolute atomic E-state index is 13.3. The van der Waals surface area contributed by atoms with E-state index in [4.69, 9.17) is 0 Å². The van der Waals surface area contributed by atoms with Crippen molar-refractivity contribution >= 4 is 57.8 Å². The van der Waals surface area contributed by atoms with Crippen LogP contribution in [0.1, 0.15) is 16.0 Å². The van der Waals surface area contributed by atoms with Crippen molar-refractivity contribution in [1.29, 1.82) is 0 Å². The Morgan fingerprint density at radius 2 is 1.89 bits per heavy atom. The second kappa shape index (κ2) is 9.63. The number of carbonyl (C=O) groups excluding carboxylic acids is 4. The molecule has 1 aliphatic rings. The smallest absolute Gasteiger partial charge is 0.335 e. The summed E-state index contributed by atoms with van der Waals surface area (Å²) in [7, 11) is 0. The van der Waals surface area contributed by atoms with Crippen molar-refractivity contribution in [2.24, 2.45) is 0 Å². The summed E-state index contributed by atoms with van der Waals surface area (Å²) in [6, 6.07) is 17.4. The van der Waals surface area contributed by atoms with Crippen LogP contribution in [-0.2, 0) is 27.5 Å². The average molecular weight is 499 g/mol. The average Bonchev–Trinajstić information content (AvgIpc) is 3.49. The molecule has 5 amide bonds. The van der Waals surface area contributed by atoms with E-state index >= 15 is 0 Å². The quantitative estimate of drug-likeness (QED) is 0.310. The summed E-state index contributed by atoms with van der Waals surface area (Å²) < 4.78 is 1.78. The Bertz CT molecular complexity index is 1530. The van der Waals surface area contributed by atoms with Crippen LogP contribution in [0.15, 0.2) is 77.8 Å². The molecule has 1 saturated heterocycles. The van der Waals surface area contributed by atoms with Crippen molar-refractivity contribution in [2.45, 2.75) is 20.0 Å². The molecule has 2 N–H and O–H groups in total. The summed E-state index contributed by atoms with van der Waals surface area (Å²) in [4.78, 5) is 53.1. The van der Waals surface area contributed by atoms with E-state index in [0.29, 0.717) is 17.8 Å². The number of amides is 5. The van der Waals surface area contributed by atoms with Crippen molar-refractivity contribution in [3.63, 3.8) is 0 Å². The van der Waals surface area contributed by atoms with Gasteiger partial charge in [0.25, 0.3) is 11.8 Å². The van der Waals surface area contributed by atoms with Gasteiger partial charge in [0.2, 0.25) is 5.91 Å². The van der Waals surface area contributed by atoms with Crippen LogP contribution in [0.4, 0.5) is 10.5 Å². The lowest BCUT2D eigenvalue weighted by Crippen LogP contribution is -2.54. The van der Waals surface area contributed by atoms with Gasteiger partial charge in [-0.2, -0.15) is 0 Å². The first kappa shape index (κ1) is 23.3. The Morgan fingerprint density at radius 3 is 2.67 bits per heavy atom. The van der Waals surface area contributed by atoms with E-state index in [1.807, 2.05) is 54.8 Å². The predicted octanol–water partition coefficient (Wildman–Crippen LogP) is 3.99. The van der Waals surface area contributed by atoms with E-state index in [1.54, 1.807) is 40.3 Å². The summed E-state index contributed by atoms with van der Waals surface area (Å²) >= 11 is 1.57. The van der Waals surface area contributed by atoms with Crippen molar-refractivity contribution in [1.82, 2.24) is 15.2 Å². The second-order valence-electron chi connectivity index (χ2n) is 8.38. The molecule has 180 valence electrons. The highest BCUT2D eigenvalue weighted by atomic mass is 32.1. The topological polar surface area (TPSA) is 101 Å². The first-order valence-corrected chi connectivity index (χ1v) is 12.1. The molecule has 5 rings (SSSR count). The Hall–Kier alpha value is -4.50. The standard InChI is InChI=1S/C27H22N4O4S/c1-17-6-4-7-19(12-17)31-26(34)22(25(33)29-27(31)35)13-18-15-30(23-10-3-2-9-21(18)23)16-24(32)28-14-20-8-5-11-36-20/h2-13,15H,14,16H2,1H3,(H,28,32)(H,29,33,35)/b22-13-. The fraction of sp³-hybridized carbons (Fsp3) is 0.111. The van der Waals surface area contributed by atoms with Gasteiger partial charge in [0.05, 0.1) is 12.2 Å². The maximum atomic E-state index is 13.3. The van der Waals surface area contributed by atoms with Gasteiger partial charge in [-0.05, 0) is 48.2 Å². The fourth-order valence-corrected chi connectivity index (χ4v) is 4.79. The monoisotopic (exact) mass is 498 g/mol. The zero-order valence-corrected chi connectivity index (χ0v) is 20.2. The summed E-state index contributed by atoms with van der Waals surface area (Å²) in [5.74, 6) is -1.63. The van der Waals surface area contributed by atoms with Gasteiger partial charge in [-0.1, -0.05) is 36.4 Å². The van der Waals surface area contributed by atoms with Crippen LogP contribution in [0.25, 0.3) is 17.0 Å². The number of carbonyl (C=O) groups is 4. The van der Waals surface area contributed by atoms with E-state index < -0.39 is 17.8 Å². The zero-order chi connectivity index (χ0) is 25.2. The molecule has 1 fully saturated rings. The third kappa shape index (κ3) is 4.56. The van der Waals surface area contributed by atoms with Crippen LogP contribution in [0.5, 0.6) is 0 Å². The normalized spacial score (nSPS) is 15.0. The van der Waals surface area contributed by atoms with Crippen LogP contribution < -0.4 is 15.5 Å². The number of urea groups is 1. The first-order chi connectivity index (χ1) is 17.4. The molecule has 0 atom stereocenters. The Balaban J connectivity index is 1.46. The molecule has 9 heteroatoms. The number of hydrogen-bond acceptors (Lipinski definition) is 5.